The van der Waals surface area contributed by atoms with Gasteiger partial charge in [0.25, 0.3) is 0 Å². The van der Waals surface area contributed by atoms with Gasteiger partial charge in [-0.25, -0.2) is 4.79 Å². The predicted octanol–water partition coefficient (Wildman–Crippen LogP) is 8.03. The van der Waals surface area contributed by atoms with Gasteiger partial charge < -0.3 is 14.9 Å². The third-order valence-corrected chi connectivity index (χ3v) is 9.86. The van der Waals surface area contributed by atoms with Crippen LogP contribution < -0.4 is 0 Å². The summed E-state index contributed by atoms with van der Waals surface area (Å²) in [7, 11) is 0. The highest BCUT2D eigenvalue weighted by atomic mass is 32.1. The fourth-order valence-corrected chi connectivity index (χ4v) is 6.89. The van der Waals surface area contributed by atoms with Crippen molar-refractivity contribution in [3.63, 3.8) is 0 Å². The van der Waals surface area contributed by atoms with Crippen molar-refractivity contribution in [3.8, 4) is 0 Å². The summed E-state index contributed by atoms with van der Waals surface area (Å²) in [4.78, 5) is 28.2. The molecule has 0 radical (unpaired) electrons. The van der Waals surface area contributed by atoms with Crippen LogP contribution in [0, 0.1) is 5.41 Å². The molecule has 0 saturated heterocycles. The number of carboxylic acid groups (broad SMARTS) is 2. The average molecular weight is 612 g/mol. The average Bonchev–Trinajstić information content (AvgIpc) is 3.48. The van der Waals surface area contributed by atoms with Crippen LogP contribution in [-0.4, -0.2) is 40.1 Å². The smallest absolute Gasteiger partial charge is 0.335 e. The van der Waals surface area contributed by atoms with Crippen LogP contribution in [0.3, 0.4) is 0 Å². The van der Waals surface area contributed by atoms with Gasteiger partial charge in [-0.05, 0) is 86.0 Å². The number of aromatic carboxylic acids is 1. The lowest BCUT2D eigenvalue weighted by atomic mass is 9.66. The van der Waals surface area contributed by atoms with E-state index in [1.165, 1.54) is 15.3 Å². The summed E-state index contributed by atoms with van der Waals surface area (Å²) in [6.45, 7) is 2.50. The van der Waals surface area contributed by atoms with Crippen LogP contribution in [0.1, 0.15) is 75.0 Å². The summed E-state index contributed by atoms with van der Waals surface area (Å²) in [5.74, 6) is -1.62. The molecule has 0 bridgehead atoms. The Morgan fingerprint density at radius 2 is 1.50 bits per heavy atom. The molecule has 2 N–H and O–H groups in total. The number of hydrogen-bond acceptors (Lipinski definition) is 5. The van der Waals surface area contributed by atoms with Crippen LogP contribution in [0.25, 0.3) is 0 Å². The zero-order chi connectivity index (χ0) is 30.8. The summed E-state index contributed by atoms with van der Waals surface area (Å²) in [5.41, 5.74) is 3.13. The summed E-state index contributed by atoms with van der Waals surface area (Å²) in [6.07, 6.45) is 5.76. The molecular formula is C37H41NO5S. The number of benzene rings is 3. The second kappa shape index (κ2) is 15.3. The van der Waals surface area contributed by atoms with Gasteiger partial charge in [0.1, 0.15) is 0 Å². The lowest BCUT2D eigenvalue weighted by Gasteiger charge is -2.38. The van der Waals surface area contributed by atoms with E-state index in [0.29, 0.717) is 26.1 Å². The highest BCUT2D eigenvalue weighted by Gasteiger charge is 2.43. The molecule has 44 heavy (non-hydrogen) atoms. The Bertz CT molecular complexity index is 1480. The van der Waals surface area contributed by atoms with Gasteiger partial charge >= 0.3 is 11.9 Å². The lowest BCUT2D eigenvalue weighted by Crippen LogP contribution is -2.39. The summed E-state index contributed by atoms with van der Waals surface area (Å²) >= 11 is 1.80. The first-order valence-electron chi connectivity index (χ1n) is 15.5. The lowest BCUT2D eigenvalue weighted by molar-refractivity contribution is -0.155. The highest BCUT2D eigenvalue weighted by molar-refractivity contribution is 7.11. The van der Waals surface area contributed by atoms with E-state index < -0.39 is 17.4 Å². The largest absolute Gasteiger partial charge is 0.481 e. The second-order valence-corrected chi connectivity index (χ2v) is 13.1. The van der Waals surface area contributed by atoms with E-state index >= 15 is 0 Å². The molecule has 4 aromatic rings. The Morgan fingerprint density at radius 3 is 2.14 bits per heavy atom. The Morgan fingerprint density at radius 1 is 0.818 bits per heavy atom. The molecule has 1 atom stereocenters. The molecule has 1 fully saturated rings. The number of aliphatic carboxylic acids is 1. The second-order valence-electron chi connectivity index (χ2n) is 11.8. The molecule has 5 rings (SSSR count). The zero-order valence-corrected chi connectivity index (χ0v) is 25.9. The number of nitrogens with zero attached hydrogens (tertiary/aromatic N) is 1. The van der Waals surface area contributed by atoms with Crippen molar-refractivity contribution in [2.75, 3.05) is 13.1 Å². The van der Waals surface area contributed by atoms with Crippen LogP contribution in [0.5, 0.6) is 0 Å². The number of ether oxygens (including phenoxy) is 1. The third kappa shape index (κ3) is 8.65. The van der Waals surface area contributed by atoms with Crippen LogP contribution in [-0.2, 0) is 35.5 Å². The van der Waals surface area contributed by atoms with Crippen molar-refractivity contribution < 1.29 is 24.5 Å². The Kier molecular flexibility index (Phi) is 11.0. The number of rotatable bonds is 17. The van der Waals surface area contributed by atoms with Gasteiger partial charge in [-0.3, -0.25) is 9.69 Å². The van der Waals surface area contributed by atoms with E-state index in [2.05, 4.69) is 53.4 Å². The van der Waals surface area contributed by atoms with Crippen molar-refractivity contribution >= 4 is 23.3 Å². The Labute approximate surface area is 263 Å². The molecule has 1 unspecified atom stereocenters. The van der Waals surface area contributed by atoms with E-state index in [4.69, 9.17) is 4.74 Å². The van der Waals surface area contributed by atoms with Gasteiger partial charge in [0.15, 0.2) is 0 Å². The minimum atomic E-state index is -0.942. The first kappa shape index (κ1) is 31.6. The van der Waals surface area contributed by atoms with Gasteiger partial charge in [0.2, 0.25) is 0 Å². The maximum Gasteiger partial charge on any atom is 0.335 e. The number of hydrogen-bond donors (Lipinski definition) is 2. The molecule has 0 amide bonds. The summed E-state index contributed by atoms with van der Waals surface area (Å²) in [6, 6.07) is 32.2. The van der Waals surface area contributed by atoms with Crippen molar-refractivity contribution in [3.05, 3.63) is 129 Å². The fraction of sp³-hybridized carbons (Fsp3) is 0.351. The maximum atomic E-state index is 12.0. The molecule has 0 spiro atoms. The van der Waals surface area contributed by atoms with Crippen molar-refractivity contribution in [2.45, 2.75) is 64.2 Å². The molecule has 1 aliphatic rings. The van der Waals surface area contributed by atoms with Crippen LogP contribution in [0.2, 0.25) is 0 Å². The topological polar surface area (TPSA) is 87.1 Å². The molecule has 1 saturated carbocycles. The highest BCUT2D eigenvalue weighted by Crippen LogP contribution is 2.45. The van der Waals surface area contributed by atoms with Gasteiger partial charge in [-0.1, -0.05) is 79.2 Å². The van der Waals surface area contributed by atoms with Crippen molar-refractivity contribution in [2.24, 2.45) is 5.41 Å². The zero-order valence-electron chi connectivity index (χ0n) is 25.1. The standard InChI is InChI=1S/C37H41NO5S/c39-35(40)31-16-13-29(14-17-31)25-38(24-8-23-37(36(41)42)21-7-22-37)26-34(30-11-5-2-6-12-30)43-27-33-20-19-32(44-33)18-15-28-9-3-1-4-10-28/h1-6,9-14,16-17,19-20,34H,7-8,15,18,21-27H2,(H,39,40)(H,41,42). The number of carbonyl (C=O) groups is 2. The molecular weight excluding hydrogens is 570 g/mol. The van der Waals surface area contributed by atoms with E-state index in [-0.39, 0.29) is 11.7 Å². The fourth-order valence-electron chi connectivity index (χ4n) is 5.95. The predicted molar refractivity (Wildman–Crippen MR) is 174 cm³/mol. The van der Waals surface area contributed by atoms with E-state index in [1.54, 1.807) is 23.5 Å². The first-order valence-corrected chi connectivity index (χ1v) is 16.3. The van der Waals surface area contributed by atoms with Gasteiger partial charge in [-0.15, -0.1) is 11.3 Å². The molecule has 3 aromatic carbocycles. The van der Waals surface area contributed by atoms with E-state index in [9.17, 15) is 19.8 Å². The van der Waals surface area contributed by atoms with Crippen LogP contribution in [0.4, 0.5) is 0 Å². The Balaban J connectivity index is 1.27. The first-order chi connectivity index (χ1) is 21.4. The SMILES string of the molecule is O=C(O)c1ccc(CN(CCCC2(C(=O)O)CCC2)CC(OCc2ccc(CCc3ccccc3)s2)c2ccccc2)cc1. The summed E-state index contributed by atoms with van der Waals surface area (Å²) in [5, 5.41) is 19.2. The van der Waals surface area contributed by atoms with Crippen molar-refractivity contribution in [1.82, 2.24) is 4.90 Å². The molecule has 230 valence electrons. The van der Waals surface area contributed by atoms with Crippen LogP contribution in [0.15, 0.2) is 97.1 Å². The number of carboxylic acids is 2. The molecule has 1 aromatic heterocycles. The monoisotopic (exact) mass is 611 g/mol. The number of thiophene rings is 1. The van der Waals surface area contributed by atoms with E-state index in [0.717, 1.165) is 56.2 Å². The van der Waals surface area contributed by atoms with Crippen molar-refractivity contribution in [1.29, 1.82) is 0 Å². The molecule has 1 aliphatic carbocycles. The third-order valence-electron chi connectivity index (χ3n) is 8.74. The normalized spacial score (nSPS) is 14.7. The van der Waals surface area contributed by atoms with E-state index in [1.807, 2.05) is 36.4 Å². The van der Waals surface area contributed by atoms with Crippen LogP contribution >= 0.6 is 11.3 Å². The van der Waals surface area contributed by atoms with Gasteiger partial charge in [-0.2, -0.15) is 0 Å². The minimum absolute atomic E-state index is 0.179. The minimum Gasteiger partial charge on any atom is -0.481 e. The quantitative estimate of drug-likeness (QED) is 0.126. The van der Waals surface area contributed by atoms with Gasteiger partial charge in [0.05, 0.1) is 23.7 Å². The van der Waals surface area contributed by atoms with Gasteiger partial charge in [0, 0.05) is 22.8 Å². The molecule has 6 nitrogen and oxygen atoms in total. The molecule has 0 aliphatic heterocycles. The Hall–Kier alpha value is -3.78. The maximum absolute atomic E-state index is 12.0. The molecule has 7 heteroatoms. The summed E-state index contributed by atoms with van der Waals surface area (Å²) < 4.78 is 6.62. The number of aryl methyl sites for hydroxylation is 2. The molecule has 1 heterocycles.